The van der Waals surface area contributed by atoms with E-state index in [-0.39, 0.29) is 57.7 Å². The van der Waals surface area contributed by atoms with E-state index in [4.69, 9.17) is 0 Å². The second-order valence-corrected chi connectivity index (χ2v) is 3.35. The SMILES string of the molecule is O=C(c1cccs1)C(F)C(=O)C(F)F.[H-].[K+]. The molecule has 15 heavy (non-hydrogen) atoms. The number of ketones is 2. The zero-order valence-corrected chi connectivity index (χ0v) is 11.7. The van der Waals surface area contributed by atoms with Crippen molar-refractivity contribution in [2.24, 2.45) is 0 Å². The Hall–Kier alpha value is 0.466. The summed E-state index contributed by atoms with van der Waals surface area (Å²) in [4.78, 5) is 21.4. The number of rotatable bonds is 4. The summed E-state index contributed by atoms with van der Waals surface area (Å²) in [6.07, 6.45) is -6.21. The largest absolute Gasteiger partial charge is 1.00 e. The Labute approximate surface area is 132 Å². The van der Waals surface area contributed by atoms with Gasteiger partial charge in [0, 0.05) is 0 Å². The number of carbonyl (C=O) groups is 2. The fraction of sp³-hybridized carbons (Fsp3) is 0.250. The predicted octanol–water partition coefficient (Wildman–Crippen LogP) is -0.780. The van der Waals surface area contributed by atoms with Crippen LogP contribution in [0.4, 0.5) is 13.2 Å². The Morgan fingerprint density at radius 3 is 2.33 bits per heavy atom. The maximum absolute atomic E-state index is 12.8. The molecule has 0 aliphatic carbocycles. The van der Waals surface area contributed by atoms with Gasteiger partial charge in [-0.3, -0.25) is 9.59 Å². The minimum Gasteiger partial charge on any atom is -1.00 e. The molecule has 0 fully saturated rings. The second-order valence-electron chi connectivity index (χ2n) is 2.41. The zero-order valence-electron chi connectivity index (χ0n) is 8.75. The summed E-state index contributed by atoms with van der Waals surface area (Å²) in [5.74, 6) is -3.19. The first kappa shape index (κ1) is 15.5. The van der Waals surface area contributed by atoms with Crippen molar-refractivity contribution in [2.45, 2.75) is 12.6 Å². The van der Waals surface area contributed by atoms with Crippen LogP contribution in [0.3, 0.4) is 0 Å². The number of halogens is 3. The molecule has 0 amide bonds. The van der Waals surface area contributed by atoms with Crippen molar-refractivity contribution >= 4 is 22.9 Å². The van der Waals surface area contributed by atoms with Crippen LogP contribution in [0.15, 0.2) is 17.5 Å². The first-order chi connectivity index (χ1) is 6.54. The summed E-state index contributed by atoms with van der Waals surface area (Å²) in [7, 11) is 0. The van der Waals surface area contributed by atoms with E-state index in [2.05, 4.69) is 0 Å². The van der Waals surface area contributed by atoms with Crippen LogP contribution >= 0.6 is 11.3 Å². The molecule has 1 heterocycles. The van der Waals surface area contributed by atoms with E-state index < -0.39 is 24.2 Å². The van der Waals surface area contributed by atoms with Crippen LogP contribution in [0.5, 0.6) is 0 Å². The third-order valence-corrected chi connectivity index (χ3v) is 2.34. The standard InChI is InChI=1S/C8H5F3O2S.K.H/c9-5(7(13)8(10)11)6(12)4-2-1-3-14-4;;/h1-3,5,8H;;/q;+1;-1. The van der Waals surface area contributed by atoms with Crippen molar-refractivity contribution in [2.75, 3.05) is 0 Å². The van der Waals surface area contributed by atoms with Gasteiger partial charge in [-0.25, -0.2) is 13.2 Å². The molecule has 0 saturated carbocycles. The quantitative estimate of drug-likeness (QED) is 0.405. The molecule has 7 heteroatoms. The number of hydrogen-bond acceptors (Lipinski definition) is 3. The Morgan fingerprint density at radius 2 is 1.93 bits per heavy atom. The molecular formula is C8H6F3KO2S. The Balaban J connectivity index is 0. The van der Waals surface area contributed by atoms with Gasteiger partial charge in [0.2, 0.25) is 17.7 Å². The molecule has 0 spiro atoms. The van der Waals surface area contributed by atoms with Gasteiger partial charge in [-0.2, -0.15) is 0 Å². The van der Waals surface area contributed by atoms with Gasteiger partial charge in [0.25, 0.3) is 6.43 Å². The fourth-order valence-electron chi connectivity index (χ4n) is 0.783. The van der Waals surface area contributed by atoms with E-state index in [1.807, 2.05) is 0 Å². The first-order valence-corrected chi connectivity index (χ1v) is 4.45. The minimum absolute atomic E-state index is 0. The molecule has 1 rings (SSSR count). The van der Waals surface area contributed by atoms with Crippen LogP contribution in [-0.4, -0.2) is 24.2 Å². The predicted molar refractivity (Wildman–Crippen MR) is 45.7 cm³/mol. The van der Waals surface area contributed by atoms with Crippen molar-refractivity contribution in [3.63, 3.8) is 0 Å². The minimum atomic E-state index is -3.45. The molecule has 0 radical (unpaired) electrons. The van der Waals surface area contributed by atoms with Crippen LogP contribution in [0.1, 0.15) is 11.1 Å². The molecule has 2 nitrogen and oxygen atoms in total. The van der Waals surface area contributed by atoms with E-state index in [9.17, 15) is 22.8 Å². The molecule has 1 aromatic heterocycles. The van der Waals surface area contributed by atoms with Crippen LogP contribution in [0.2, 0.25) is 0 Å². The maximum atomic E-state index is 12.8. The van der Waals surface area contributed by atoms with Gasteiger partial charge in [0.15, 0.2) is 0 Å². The third-order valence-electron chi connectivity index (χ3n) is 1.46. The molecule has 0 aromatic carbocycles. The van der Waals surface area contributed by atoms with Gasteiger partial charge in [0.05, 0.1) is 4.88 Å². The van der Waals surface area contributed by atoms with E-state index in [1.54, 1.807) is 0 Å². The van der Waals surface area contributed by atoms with Crippen LogP contribution in [0, 0.1) is 0 Å². The maximum Gasteiger partial charge on any atom is 1.00 e. The molecule has 78 valence electrons. The summed E-state index contributed by atoms with van der Waals surface area (Å²) in [6, 6.07) is 2.75. The average Bonchev–Trinajstić information content (AvgIpc) is 2.67. The van der Waals surface area contributed by atoms with Gasteiger partial charge in [-0.15, -0.1) is 11.3 Å². The number of hydrogen-bond donors (Lipinski definition) is 0. The number of Topliss-reactive ketones (excluding diaryl/α,β-unsaturated/α-hetero) is 2. The average molecular weight is 262 g/mol. The normalized spacial score (nSPS) is 12.0. The fourth-order valence-corrected chi connectivity index (χ4v) is 1.46. The van der Waals surface area contributed by atoms with Crippen molar-refractivity contribution in [1.82, 2.24) is 0 Å². The first-order valence-electron chi connectivity index (χ1n) is 3.57. The van der Waals surface area contributed by atoms with Gasteiger partial charge >= 0.3 is 51.4 Å². The summed E-state index contributed by atoms with van der Waals surface area (Å²) in [6.45, 7) is 0. The molecule has 1 aromatic rings. The molecule has 0 aliphatic rings. The molecular weight excluding hydrogens is 256 g/mol. The number of thiophene rings is 1. The van der Waals surface area contributed by atoms with E-state index >= 15 is 0 Å². The summed E-state index contributed by atoms with van der Waals surface area (Å²) < 4.78 is 36.3. The smallest absolute Gasteiger partial charge is 1.00 e. The summed E-state index contributed by atoms with van der Waals surface area (Å²) in [5, 5.41) is 1.49. The third kappa shape index (κ3) is 4.08. The molecule has 0 saturated heterocycles. The van der Waals surface area contributed by atoms with Crippen molar-refractivity contribution in [3.8, 4) is 0 Å². The second kappa shape index (κ2) is 6.92. The van der Waals surface area contributed by atoms with Gasteiger partial charge in [0.1, 0.15) is 0 Å². The van der Waals surface area contributed by atoms with Gasteiger partial charge in [-0.1, -0.05) is 6.07 Å². The Bertz CT molecular complexity index is 345. The van der Waals surface area contributed by atoms with Crippen LogP contribution < -0.4 is 51.4 Å². The number of alkyl halides is 3. The van der Waals surface area contributed by atoms with E-state index in [1.165, 1.54) is 17.5 Å². The molecule has 0 N–H and O–H groups in total. The topological polar surface area (TPSA) is 34.1 Å². The zero-order chi connectivity index (χ0) is 10.7. The van der Waals surface area contributed by atoms with Crippen LogP contribution in [0.25, 0.3) is 0 Å². The van der Waals surface area contributed by atoms with Gasteiger partial charge in [-0.05, 0) is 11.4 Å². The molecule has 1 atom stereocenters. The molecule has 0 bridgehead atoms. The van der Waals surface area contributed by atoms with Crippen molar-refractivity contribution in [3.05, 3.63) is 22.4 Å². The van der Waals surface area contributed by atoms with E-state index in [0.717, 1.165) is 11.3 Å². The monoisotopic (exact) mass is 262 g/mol. The molecule has 0 aliphatic heterocycles. The Morgan fingerprint density at radius 1 is 1.33 bits per heavy atom. The van der Waals surface area contributed by atoms with Crippen LogP contribution in [-0.2, 0) is 4.79 Å². The summed E-state index contributed by atoms with van der Waals surface area (Å²) in [5.41, 5.74) is 0. The summed E-state index contributed by atoms with van der Waals surface area (Å²) >= 11 is 0.902. The molecule has 1 unspecified atom stereocenters. The van der Waals surface area contributed by atoms with Crippen molar-refractivity contribution in [1.29, 1.82) is 0 Å². The Kier molecular flexibility index (Phi) is 7.14. The number of carbonyl (C=O) groups excluding carboxylic acids is 2. The van der Waals surface area contributed by atoms with Gasteiger partial charge < -0.3 is 1.43 Å². The van der Waals surface area contributed by atoms with E-state index in [0.29, 0.717) is 0 Å². The van der Waals surface area contributed by atoms with Crippen molar-refractivity contribution < 1.29 is 75.6 Å².